The average Bonchev–Trinajstić information content (AvgIpc) is 3.49. The minimum absolute atomic E-state index is 0.0263. The van der Waals surface area contributed by atoms with Crippen molar-refractivity contribution in [1.29, 1.82) is 0 Å². The highest BCUT2D eigenvalue weighted by Crippen LogP contribution is 2.33. The number of aromatic amines is 1. The molecule has 0 saturated carbocycles. The Morgan fingerprint density at radius 2 is 1.70 bits per heavy atom. The molecule has 1 fully saturated rings. The van der Waals surface area contributed by atoms with E-state index in [4.69, 9.17) is 4.74 Å². The molecule has 7 nitrogen and oxygen atoms in total. The molecule has 1 aliphatic heterocycles. The van der Waals surface area contributed by atoms with Crippen LogP contribution < -0.4 is 10.4 Å². The van der Waals surface area contributed by atoms with E-state index in [0.717, 1.165) is 22.7 Å². The molecular weight excluding hydrogens is 514 g/mol. The predicted octanol–water partition coefficient (Wildman–Crippen LogP) is 5.86. The number of benzene rings is 3. The molecule has 0 unspecified atom stereocenters. The fraction of sp³-hybridized carbons (Fsp3) is 0.226. The summed E-state index contributed by atoms with van der Waals surface area (Å²) in [6, 6.07) is 20.0. The molecule has 204 valence electrons. The van der Waals surface area contributed by atoms with E-state index < -0.39 is 11.6 Å². The van der Waals surface area contributed by atoms with E-state index in [9.17, 15) is 14.0 Å². The molecule has 5 aromatic rings. The number of nitrogens with one attached hydrogen (secondary N) is 1. The van der Waals surface area contributed by atoms with Gasteiger partial charge in [-0.05, 0) is 79.9 Å². The first-order chi connectivity index (χ1) is 19.4. The number of H-pyrrole nitrogens is 1. The number of fused-ring (bicyclic) bond motifs is 1. The number of carbonyl (C=O) groups is 1. The first kappa shape index (κ1) is 25.6. The van der Waals surface area contributed by atoms with Gasteiger partial charge >= 0.3 is 5.69 Å². The van der Waals surface area contributed by atoms with Crippen LogP contribution in [0.4, 0.5) is 8.78 Å². The molecule has 1 N–H and O–H groups in total. The van der Waals surface area contributed by atoms with E-state index in [2.05, 4.69) is 4.98 Å². The lowest BCUT2D eigenvalue weighted by molar-refractivity contribution is 0.0694. The van der Waals surface area contributed by atoms with Gasteiger partial charge in [0.25, 0.3) is 5.91 Å². The largest absolute Gasteiger partial charge is 0.497 e. The van der Waals surface area contributed by atoms with Crippen LogP contribution in [0.2, 0.25) is 0 Å². The Morgan fingerprint density at radius 3 is 2.40 bits per heavy atom. The van der Waals surface area contributed by atoms with Crippen molar-refractivity contribution in [3.05, 3.63) is 106 Å². The summed E-state index contributed by atoms with van der Waals surface area (Å²) in [6.45, 7) is 2.72. The number of piperidine rings is 1. The molecule has 0 spiro atoms. The number of ether oxygens (including phenoxy) is 1. The van der Waals surface area contributed by atoms with Gasteiger partial charge in [-0.1, -0.05) is 12.1 Å². The van der Waals surface area contributed by atoms with Gasteiger partial charge in [0, 0.05) is 30.9 Å². The van der Waals surface area contributed by atoms with Crippen LogP contribution in [-0.2, 0) is 0 Å². The minimum atomic E-state index is -0.725. The van der Waals surface area contributed by atoms with E-state index >= 15 is 4.39 Å². The molecule has 0 aliphatic carbocycles. The second-order valence-electron chi connectivity index (χ2n) is 10.0. The lowest BCUT2D eigenvalue weighted by Gasteiger charge is -2.32. The maximum atomic E-state index is 15.0. The minimum Gasteiger partial charge on any atom is -0.497 e. The lowest BCUT2D eigenvalue weighted by atomic mass is 10.0. The number of aromatic nitrogens is 3. The number of nitrogens with zero attached hydrogens (tertiary/aromatic N) is 3. The number of carbonyl (C=O) groups excluding carboxylic acids is 1. The van der Waals surface area contributed by atoms with Crippen molar-refractivity contribution in [3.8, 4) is 22.7 Å². The van der Waals surface area contributed by atoms with Crippen molar-refractivity contribution in [1.82, 2.24) is 19.0 Å². The van der Waals surface area contributed by atoms with Crippen LogP contribution >= 0.6 is 0 Å². The van der Waals surface area contributed by atoms with Gasteiger partial charge in [0.05, 0.1) is 35.1 Å². The summed E-state index contributed by atoms with van der Waals surface area (Å²) in [5, 5.41) is 0. The number of amides is 1. The molecule has 0 atom stereocenters. The second-order valence-corrected chi connectivity index (χ2v) is 10.0. The van der Waals surface area contributed by atoms with Crippen LogP contribution in [0.5, 0.6) is 5.75 Å². The number of likely N-dealkylation sites (tertiary alicyclic amines) is 1. The van der Waals surface area contributed by atoms with Crippen molar-refractivity contribution >= 4 is 16.9 Å². The Hall–Kier alpha value is -4.66. The Morgan fingerprint density at radius 1 is 0.975 bits per heavy atom. The molecule has 1 saturated heterocycles. The third-order valence-corrected chi connectivity index (χ3v) is 7.75. The number of rotatable bonds is 5. The van der Waals surface area contributed by atoms with Gasteiger partial charge in [-0.3, -0.25) is 9.36 Å². The first-order valence-corrected chi connectivity index (χ1v) is 13.2. The summed E-state index contributed by atoms with van der Waals surface area (Å²) in [6.07, 6.45) is 1.26. The van der Waals surface area contributed by atoms with E-state index in [1.807, 2.05) is 36.4 Å². The van der Waals surface area contributed by atoms with Crippen molar-refractivity contribution in [2.45, 2.75) is 25.8 Å². The molecule has 3 heterocycles. The summed E-state index contributed by atoms with van der Waals surface area (Å²) in [4.78, 5) is 31.2. The van der Waals surface area contributed by atoms with Crippen molar-refractivity contribution < 1.29 is 18.3 Å². The van der Waals surface area contributed by atoms with E-state index in [-0.39, 0.29) is 23.3 Å². The Bertz CT molecular complexity index is 1780. The summed E-state index contributed by atoms with van der Waals surface area (Å²) in [7, 11) is 1.57. The number of hydrogen-bond acceptors (Lipinski definition) is 3. The number of halogens is 2. The highest BCUT2D eigenvalue weighted by Gasteiger charge is 2.29. The highest BCUT2D eigenvalue weighted by molar-refractivity contribution is 5.97. The highest BCUT2D eigenvalue weighted by atomic mass is 19.1. The molecule has 6 rings (SSSR count). The SMILES string of the molecule is COc1ccc(-c2cc(C(=O)N3CCC(n4c(=O)[nH]c5ccccc54)CC3)c(C)n2-c2ccc(F)cc2F)cc1. The molecule has 3 aromatic carbocycles. The quantitative estimate of drug-likeness (QED) is 0.302. The van der Waals surface area contributed by atoms with Crippen LogP contribution in [0.25, 0.3) is 28.0 Å². The monoisotopic (exact) mass is 542 g/mol. The van der Waals surface area contributed by atoms with E-state index in [0.29, 0.717) is 48.6 Å². The molecule has 0 bridgehead atoms. The zero-order chi connectivity index (χ0) is 28.0. The Kier molecular flexibility index (Phi) is 6.50. The maximum Gasteiger partial charge on any atom is 0.326 e. The zero-order valence-corrected chi connectivity index (χ0v) is 22.2. The van der Waals surface area contributed by atoms with Crippen LogP contribution in [0.3, 0.4) is 0 Å². The van der Waals surface area contributed by atoms with Gasteiger partial charge in [0.1, 0.15) is 17.4 Å². The van der Waals surface area contributed by atoms with Crippen LogP contribution in [0.15, 0.2) is 77.6 Å². The van der Waals surface area contributed by atoms with Crippen LogP contribution in [-0.4, -0.2) is 45.1 Å². The molecule has 2 aromatic heterocycles. The van der Waals surface area contributed by atoms with Crippen molar-refractivity contribution in [2.24, 2.45) is 0 Å². The molecule has 9 heteroatoms. The topological polar surface area (TPSA) is 72.3 Å². The fourth-order valence-electron chi connectivity index (χ4n) is 5.70. The molecule has 1 amide bonds. The summed E-state index contributed by atoms with van der Waals surface area (Å²) in [5.74, 6) is -0.902. The number of methoxy groups -OCH3 is 1. The zero-order valence-electron chi connectivity index (χ0n) is 22.2. The molecule has 40 heavy (non-hydrogen) atoms. The maximum absolute atomic E-state index is 15.0. The normalized spacial score (nSPS) is 14.2. The van der Waals surface area contributed by atoms with Crippen LogP contribution in [0, 0.1) is 18.6 Å². The van der Waals surface area contributed by atoms with E-state index in [1.165, 1.54) is 12.1 Å². The molecular formula is C31H28F2N4O3. The average molecular weight is 543 g/mol. The van der Waals surface area contributed by atoms with Gasteiger partial charge in [-0.2, -0.15) is 0 Å². The Balaban J connectivity index is 1.33. The second kappa shape index (κ2) is 10.1. The van der Waals surface area contributed by atoms with Gasteiger partial charge in [0.2, 0.25) is 0 Å². The summed E-state index contributed by atoms with van der Waals surface area (Å²) in [5.41, 5.74) is 4.01. The smallest absolute Gasteiger partial charge is 0.326 e. The Labute approximate surface area is 229 Å². The lowest BCUT2D eigenvalue weighted by Crippen LogP contribution is -2.40. The number of para-hydroxylation sites is 2. The number of imidazole rings is 1. The standard InChI is InChI=1S/C31H28F2N4O3/c1-19-24(30(38)35-15-13-22(14-16-35)37-28-6-4-3-5-26(28)34-31(37)39)18-29(20-7-10-23(40-2)11-8-20)36(19)27-12-9-21(32)17-25(27)33/h3-12,17-18,22H,13-16H2,1-2H3,(H,34,39). The van der Waals surface area contributed by atoms with Gasteiger partial charge in [-0.25, -0.2) is 13.6 Å². The van der Waals surface area contributed by atoms with Crippen LogP contribution in [0.1, 0.15) is 34.9 Å². The number of hydrogen-bond donors (Lipinski definition) is 1. The fourth-order valence-corrected chi connectivity index (χ4v) is 5.70. The van der Waals surface area contributed by atoms with Gasteiger partial charge < -0.3 is 19.2 Å². The van der Waals surface area contributed by atoms with Gasteiger partial charge in [0.15, 0.2) is 0 Å². The third-order valence-electron chi connectivity index (χ3n) is 7.75. The van der Waals surface area contributed by atoms with Crippen molar-refractivity contribution in [3.63, 3.8) is 0 Å². The first-order valence-electron chi connectivity index (χ1n) is 13.2. The van der Waals surface area contributed by atoms with Crippen molar-refractivity contribution in [2.75, 3.05) is 20.2 Å². The van der Waals surface area contributed by atoms with Gasteiger partial charge in [-0.15, -0.1) is 0 Å². The predicted molar refractivity (Wildman–Crippen MR) is 149 cm³/mol. The summed E-state index contributed by atoms with van der Waals surface area (Å²) < 4.78 is 37.5. The molecule has 0 radical (unpaired) electrons. The summed E-state index contributed by atoms with van der Waals surface area (Å²) >= 11 is 0. The van der Waals surface area contributed by atoms with E-state index in [1.54, 1.807) is 46.3 Å². The molecule has 1 aliphatic rings. The third kappa shape index (κ3) is 4.37.